The molecular weight excluding hydrogens is 564 g/mol. The molecule has 3 aliphatic rings. The van der Waals surface area contributed by atoms with Crippen molar-refractivity contribution in [1.29, 1.82) is 0 Å². The van der Waals surface area contributed by atoms with Crippen molar-refractivity contribution in [3.8, 4) is 0 Å². The second kappa shape index (κ2) is 15.0. The van der Waals surface area contributed by atoms with Gasteiger partial charge in [0.15, 0.2) is 0 Å². The molecule has 2 N–H and O–H groups in total. The third kappa shape index (κ3) is 9.02. The van der Waals surface area contributed by atoms with Crippen molar-refractivity contribution in [3.63, 3.8) is 0 Å². The Bertz CT molecular complexity index is 1310. The maximum absolute atomic E-state index is 13.8. The second-order valence-corrected chi connectivity index (χ2v) is 15.3. The molecule has 0 bridgehead atoms. The minimum Gasteiger partial charge on any atom is -0.480 e. The Hall–Kier alpha value is -2.49. The summed E-state index contributed by atoms with van der Waals surface area (Å²) in [5.74, 6) is -1.34. The fourth-order valence-electron chi connectivity index (χ4n) is 7.42. The number of carbonyl (C=O) groups excluding carboxylic acids is 1. The van der Waals surface area contributed by atoms with Crippen molar-refractivity contribution in [2.24, 2.45) is 11.8 Å². The summed E-state index contributed by atoms with van der Waals surface area (Å²) in [6.45, 7) is 5.59. The van der Waals surface area contributed by atoms with Gasteiger partial charge in [-0.15, -0.1) is 0 Å². The van der Waals surface area contributed by atoms with Gasteiger partial charge in [-0.3, -0.25) is 9.69 Å². The minimum absolute atomic E-state index is 0.140. The molecule has 1 saturated carbocycles. The van der Waals surface area contributed by atoms with E-state index in [1.165, 1.54) is 50.5 Å². The number of sulfone groups is 1. The molecule has 0 radical (unpaired) electrons. The number of likely N-dealkylation sites (tertiary alicyclic amines) is 1. The standard InChI is InChI=1S/C34H50N2O6S/c1-23-10-8-9-13-29(23)30-20-26(18-24(2)32(30)33(37)35-31(34(38)39)16-17-43(4,40)41)21-36-27(14-15-28(36)22-42-3)19-25-11-6-5-7-12-25/h8-10,13,20,24-25,27-28,31H,5-7,11-12,14-19,21-22H2,1-4H3,(H,35,37)(H,38,39)/t24?,27-,28+,31+/m1/s1. The molecule has 2 aliphatic carbocycles. The molecule has 1 aromatic rings. The summed E-state index contributed by atoms with van der Waals surface area (Å²) in [5.41, 5.74) is 4.63. The molecule has 1 aromatic carbocycles. The van der Waals surface area contributed by atoms with Crippen molar-refractivity contribution in [2.45, 2.75) is 96.2 Å². The van der Waals surface area contributed by atoms with Crippen LogP contribution >= 0.6 is 0 Å². The van der Waals surface area contributed by atoms with Crippen molar-refractivity contribution in [3.05, 3.63) is 52.6 Å². The number of carboxylic acid groups (broad SMARTS) is 1. The van der Waals surface area contributed by atoms with E-state index >= 15 is 0 Å². The minimum atomic E-state index is -3.38. The third-order valence-electron chi connectivity index (χ3n) is 9.61. The van der Waals surface area contributed by atoms with Gasteiger partial charge in [-0.2, -0.15) is 0 Å². The van der Waals surface area contributed by atoms with E-state index in [-0.39, 0.29) is 18.1 Å². The molecule has 4 atom stereocenters. The summed E-state index contributed by atoms with van der Waals surface area (Å²) in [4.78, 5) is 28.4. The van der Waals surface area contributed by atoms with Crippen LogP contribution in [0.5, 0.6) is 0 Å². The van der Waals surface area contributed by atoms with Crippen LogP contribution < -0.4 is 5.32 Å². The average molecular weight is 615 g/mol. The number of nitrogens with zero attached hydrogens (tertiary/aromatic N) is 1. The number of aliphatic carboxylic acids is 1. The molecular formula is C34H50N2O6S. The quantitative estimate of drug-likeness (QED) is 0.315. The van der Waals surface area contributed by atoms with Gasteiger partial charge in [0.2, 0.25) is 5.91 Å². The van der Waals surface area contributed by atoms with E-state index in [9.17, 15) is 23.1 Å². The third-order valence-corrected chi connectivity index (χ3v) is 10.6. The Morgan fingerprint density at radius 3 is 2.44 bits per heavy atom. The van der Waals surface area contributed by atoms with Gasteiger partial charge in [-0.1, -0.05) is 74.9 Å². The molecule has 1 heterocycles. The predicted molar refractivity (Wildman–Crippen MR) is 170 cm³/mol. The number of hydrogen-bond acceptors (Lipinski definition) is 6. The topological polar surface area (TPSA) is 113 Å². The lowest BCUT2D eigenvalue weighted by atomic mass is 9.79. The summed E-state index contributed by atoms with van der Waals surface area (Å²) in [7, 11) is -1.60. The van der Waals surface area contributed by atoms with E-state index in [0.717, 1.165) is 41.8 Å². The number of benzene rings is 1. The van der Waals surface area contributed by atoms with E-state index in [2.05, 4.69) is 16.3 Å². The number of nitrogens with one attached hydrogen (secondary N) is 1. The Balaban J connectivity index is 1.65. The first-order valence-corrected chi connectivity index (χ1v) is 18.0. The Morgan fingerprint density at radius 1 is 1.09 bits per heavy atom. The van der Waals surface area contributed by atoms with E-state index < -0.39 is 27.8 Å². The average Bonchev–Trinajstić information content (AvgIpc) is 3.31. The maximum Gasteiger partial charge on any atom is 0.326 e. The number of ether oxygens (including phenoxy) is 1. The van der Waals surface area contributed by atoms with Crippen molar-refractivity contribution >= 4 is 27.3 Å². The number of aryl methyl sites for hydroxylation is 1. The SMILES string of the molecule is COC[C@@H]1CC[C@H](CC2CCCCC2)N1CC1=CC(c2ccccc2C)=C(C(=O)N[C@@H](CCS(C)(=O)=O)C(=O)O)C(C)C1. The highest BCUT2D eigenvalue weighted by Gasteiger charge is 2.37. The Labute approximate surface area is 257 Å². The molecule has 9 heteroatoms. The molecule has 0 aromatic heterocycles. The molecule has 2 fully saturated rings. The van der Waals surface area contributed by atoms with Crippen molar-refractivity contribution in [2.75, 3.05) is 32.3 Å². The summed E-state index contributed by atoms with van der Waals surface area (Å²) >= 11 is 0. The molecule has 8 nitrogen and oxygen atoms in total. The molecule has 0 spiro atoms. The first-order valence-electron chi connectivity index (χ1n) is 15.9. The second-order valence-electron chi connectivity index (χ2n) is 13.1. The summed E-state index contributed by atoms with van der Waals surface area (Å²) in [5, 5.41) is 12.4. The van der Waals surface area contributed by atoms with Crippen molar-refractivity contribution < 1.29 is 27.9 Å². The lowest BCUT2D eigenvalue weighted by Crippen LogP contribution is -2.44. The number of carbonyl (C=O) groups is 2. The highest BCUT2D eigenvalue weighted by Crippen LogP contribution is 2.39. The lowest BCUT2D eigenvalue weighted by molar-refractivity contribution is -0.141. The van der Waals surface area contributed by atoms with Crippen LogP contribution in [-0.2, 0) is 24.2 Å². The molecule has 4 rings (SSSR count). The summed E-state index contributed by atoms with van der Waals surface area (Å²) in [6.07, 6.45) is 14.0. The molecule has 1 aliphatic heterocycles. The van der Waals surface area contributed by atoms with Crippen LogP contribution in [0.3, 0.4) is 0 Å². The van der Waals surface area contributed by atoms with Crippen LogP contribution in [0.15, 0.2) is 41.5 Å². The van der Waals surface area contributed by atoms with Crippen LogP contribution in [0, 0.1) is 18.8 Å². The zero-order valence-electron chi connectivity index (χ0n) is 26.3. The smallest absolute Gasteiger partial charge is 0.326 e. The Kier molecular flexibility index (Phi) is 11.6. The van der Waals surface area contributed by atoms with Crippen LogP contribution in [0.2, 0.25) is 0 Å². The van der Waals surface area contributed by atoms with Crippen LogP contribution in [0.1, 0.15) is 82.3 Å². The van der Waals surface area contributed by atoms with Gasteiger partial charge in [0.05, 0.1) is 12.4 Å². The van der Waals surface area contributed by atoms with E-state index in [0.29, 0.717) is 30.7 Å². The molecule has 1 amide bonds. The number of methoxy groups -OCH3 is 1. The van der Waals surface area contributed by atoms with Gasteiger partial charge >= 0.3 is 5.97 Å². The molecule has 1 unspecified atom stereocenters. The van der Waals surface area contributed by atoms with E-state index in [1.54, 1.807) is 7.11 Å². The highest BCUT2D eigenvalue weighted by molar-refractivity contribution is 7.90. The van der Waals surface area contributed by atoms with E-state index in [1.807, 2.05) is 38.1 Å². The number of carboxylic acids is 1. The largest absolute Gasteiger partial charge is 0.480 e. The number of hydrogen-bond donors (Lipinski definition) is 2. The number of allylic oxidation sites excluding steroid dienone is 2. The van der Waals surface area contributed by atoms with Crippen molar-refractivity contribution in [1.82, 2.24) is 10.2 Å². The normalized spacial score (nSPS) is 24.6. The van der Waals surface area contributed by atoms with Gasteiger partial charge in [0.25, 0.3) is 0 Å². The van der Waals surface area contributed by atoms with Gasteiger partial charge in [-0.05, 0) is 67.6 Å². The predicted octanol–water partition coefficient (Wildman–Crippen LogP) is 5.17. The van der Waals surface area contributed by atoms with Gasteiger partial charge in [-0.25, -0.2) is 13.2 Å². The van der Waals surface area contributed by atoms with Gasteiger partial charge in [0, 0.05) is 37.6 Å². The molecule has 1 saturated heterocycles. The maximum atomic E-state index is 13.8. The first kappa shape index (κ1) is 33.4. The highest BCUT2D eigenvalue weighted by atomic mass is 32.2. The van der Waals surface area contributed by atoms with E-state index in [4.69, 9.17) is 4.74 Å². The zero-order chi connectivity index (χ0) is 31.1. The zero-order valence-corrected chi connectivity index (χ0v) is 27.1. The molecule has 43 heavy (non-hydrogen) atoms. The fraction of sp³-hybridized carbons (Fsp3) is 0.647. The fourth-order valence-corrected chi connectivity index (χ4v) is 8.08. The van der Waals surface area contributed by atoms with Crippen LogP contribution in [0.25, 0.3) is 5.57 Å². The monoisotopic (exact) mass is 614 g/mol. The lowest BCUT2D eigenvalue weighted by Gasteiger charge is -2.35. The van der Waals surface area contributed by atoms with Crippen LogP contribution in [-0.4, -0.2) is 80.7 Å². The van der Waals surface area contributed by atoms with Crippen LogP contribution in [0.4, 0.5) is 0 Å². The van der Waals surface area contributed by atoms with Gasteiger partial charge in [0.1, 0.15) is 15.9 Å². The summed E-state index contributed by atoms with van der Waals surface area (Å²) in [6, 6.07) is 7.57. The first-order chi connectivity index (χ1) is 20.5. The molecule has 238 valence electrons. The Morgan fingerprint density at radius 2 is 1.79 bits per heavy atom. The number of rotatable bonds is 13. The summed E-state index contributed by atoms with van der Waals surface area (Å²) < 4.78 is 29.1. The number of amides is 1. The van der Waals surface area contributed by atoms with Gasteiger partial charge < -0.3 is 15.2 Å².